The molecular weight excluding hydrogens is 377 g/mol. The lowest BCUT2D eigenvalue weighted by atomic mass is 10.1. The van der Waals surface area contributed by atoms with Crippen LogP contribution in [-0.2, 0) is 12.3 Å². The Balaban J connectivity index is 1.87. The minimum Gasteiger partial charge on any atom is -0.493 e. The molecule has 1 heterocycles. The van der Waals surface area contributed by atoms with Gasteiger partial charge in [0.25, 0.3) is 0 Å². The van der Waals surface area contributed by atoms with E-state index in [0.29, 0.717) is 29.6 Å². The zero-order chi connectivity index (χ0) is 20.1. The summed E-state index contributed by atoms with van der Waals surface area (Å²) in [5.74, 6) is 2.51. The van der Waals surface area contributed by atoms with Crippen LogP contribution < -0.4 is 9.47 Å². The van der Waals surface area contributed by atoms with Crippen molar-refractivity contribution in [1.29, 1.82) is 0 Å². The van der Waals surface area contributed by atoms with Crippen molar-refractivity contribution >= 4 is 11.8 Å². The topological polar surface area (TPSA) is 49.2 Å². The van der Waals surface area contributed by atoms with Crippen LogP contribution in [0.3, 0.4) is 0 Å². The van der Waals surface area contributed by atoms with Crippen LogP contribution in [0, 0.1) is 12.7 Å². The molecule has 0 N–H and O–H groups in total. The smallest absolute Gasteiger partial charge is 0.192 e. The summed E-state index contributed by atoms with van der Waals surface area (Å²) in [6, 6.07) is 10.2. The van der Waals surface area contributed by atoms with Crippen LogP contribution in [0.1, 0.15) is 11.1 Å². The minimum atomic E-state index is -0.280. The van der Waals surface area contributed by atoms with Crippen molar-refractivity contribution in [2.24, 2.45) is 0 Å². The van der Waals surface area contributed by atoms with Crippen molar-refractivity contribution in [2.45, 2.75) is 24.4 Å². The molecule has 3 aromatic rings. The molecule has 1 aromatic heterocycles. The third-order valence-corrected chi connectivity index (χ3v) is 5.35. The van der Waals surface area contributed by atoms with Crippen molar-refractivity contribution in [3.8, 4) is 22.9 Å². The number of hydrogen-bond donors (Lipinski definition) is 0. The Labute approximate surface area is 168 Å². The second kappa shape index (κ2) is 8.93. The number of thioether (sulfide) groups is 1. The van der Waals surface area contributed by atoms with Gasteiger partial charge in [-0.15, -0.1) is 16.8 Å². The first-order chi connectivity index (χ1) is 13.6. The summed E-state index contributed by atoms with van der Waals surface area (Å²) >= 11 is 1.58. The summed E-state index contributed by atoms with van der Waals surface area (Å²) in [5.41, 5.74) is 3.04. The number of benzene rings is 2. The van der Waals surface area contributed by atoms with E-state index in [1.807, 2.05) is 23.6 Å². The molecule has 0 aliphatic heterocycles. The average molecular weight is 399 g/mol. The van der Waals surface area contributed by atoms with Crippen LogP contribution in [0.2, 0.25) is 0 Å². The number of methoxy groups -OCH3 is 2. The number of allylic oxidation sites excluding steroid dienone is 1. The van der Waals surface area contributed by atoms with Gasteiger partial charge in [0, 0.05) is 17.9 Å². The molecule has 7 heteroatoms. The number of rotatable bonds is 8. The Hall–Kier alpha value is -2.80. The standard InChI is InChI=1S/C21H22FN3O2S/c1-5-10-25-20(15-6-8-17(22)9-7-15)23-24-21(25)28-13-16-12-19(27-4)18(26-3)11-14(16)2/h5-9,11-12H,1,10,13H2,2-4H3. The van der Waals surface area contributed by atoms with E-state index in [-0.39, 0.29) is 5.82 Å². The first kappa shape index (κ1) is 19.9. The molecule has 5 nitrogen and oxygen atoms in total. The lowest BCUT2D eigenvalue weighted by Crippen LogP contribution is -2.01. The maximum Gasteiger partial charge on any atom is 0.192 e. The first-order valence-electron chi connectivity index (χ1n) is 8.71. The monoisotopic (exact) mass is 399 g/mol. The zero-order valence-corrected chi connectivity index (χ0v) is 16.9. The lowest BCUT2D eigenvalue weighted by molar-refractivity contribution is 0.354. The van der Waals surface area contributed by atoms with Gasteiger partial charge in [0.1, 0.15) is 5.82 Å². The van der Waals surface area contributed by atoms with Gasteiger partial charge in [-0.25, -0.2) is 4.39 Å². The molecule has 0 aliphatic carbocycles. The largest absolute Gasteiger partial charge is 0.493 e. The van der Waals surface area contributed by atoms with Gasteiger partial charge in [-0.1, -0.05) is 17.8 Å². The van der Waals surface area contributed by atoms with E-state index in [2.05, 4.69) is 16.8 Å². The molecule has 0 unspecified atom stereocenters. The Morgan fingerprint density at radius 2 is 1.79 bits per heavy atom. The molecule has 3 rings (SSSR count). The van der Waals surface area contributed by atoms with Crippen molar-refractivity contribution < 1.29 is 13.9 Å². The molecule has 0 saturated heterocycles. The van der Waals surface area contributed by atoms with Crippen LogP contribution in [0.5, 0.6) is 11.5 Å². The highest BCUT2D eigenvalue weighted by molar-refractivity contribution is 7.98. The molecule has 28 heavy (non-hydrogen) atoms. The molecule has 146 valence electrons. The molecule has 0 spiro atoms. The highest BCUT2D eigenvalue weighted by Crippen LogP contribution is 2.33. The van der Waals surface area contributed by atoms with Crippen molar-refractivity contribution in [3.05, 3.63) is 66.0 Å². The molecular formula is C21H22FN3O2S. The summed E-state index contributed by atoms with van der Waals surface area (Å²) in [6.07, 6.45) is 1.79. The van der Waals surface area contributed by atoms with E-state index in [9.17, 15) is 4.39 Å². The van der Waals surface area contributed by atoms with E-state index in [1.165, 1.54) is 12.1 Å². The van der Waals surface area contributed by atoms with Crippen LogP contribution in [-0.4, -0.2) is 29.0 Å². The van der Waals surface area contributed by atoms with E-state index >= 15 is 0 Å². The van der Waals surface area contributed by atoms with Crippen LogP contribution in [0.15, 0.2) is 54.2 Å². The van der Waals surface area contributed by atoms with Gasteiger partial charge in [-0.2, -0.15) is 0 Å². The Morgan fingerprint density at radius 1 is 1.11 bits per heavy atom. The molecule has 0 saturated carbocycles. The van der Waals surface area contributed by atoms with Gasteiger partial charge in [0.15, 0.2) is 22.5 Å². The van der Waals surface area contributed by atoms with Gasteiger partial charge < -0.3 is 9.47 Å². The van der Waals surface area contributed by atoms with Crippen LogP contribution in [0.25, 0.3) is 11.4 Å². The van der Waals surface area contributed by atoms with Crippen LogP contribution in [0.4, 0.5) is 4.39 Å². The molecule has 0 bridgehead atoms. The summed E-state index contributed by atoms with van der Waals surface area (Å²) in [4.78, 5) is 0. The average Bonchev–Trinajstić information content (AvgIpc) is 3.10. The van der Waals surface area contributed by atoms with Crippen molar-refractivity contribution in [2.75, 3.05) is 14.2 Å². The summed E-state index contributed by atoms with van der Waals surface area (Å²) in [7, 11) is 3.25. The Morgan fingerprint density at radius 3 is 2.43 bits per heavy atom. The van der Waals surface area contributed by atoms with Gasteiger partial charge >= 0.3 is 0 Å². The Bertz CT molecular complexity index is 971. The predicted molar refractivity (Wildman–Crippen MR) is 109 cm³/mol. The van der Waals surface area contributed by atoms with Gasteiger partial charge in [-0.3, -0.25) is 4.57 Å². The highest BCUT2D eigenvalue weighted by atomic mass is 32.2. The SMILES string of the molecule is C=CCn1c(SCc2cc(OC)c(OC)cc2C)nnc1-c1ccc(F)cc1. The molecule has 0 atom stereocenters. The fourth-order valence-corrected chi connectivity index (χ4v) is 3.83. The van der Waals surface area contributed by atoms with E-state index in [1.54, 1.807) is 44.2 Å². The maximum absolute atomic E-state index is 13.2. The normalized spacial score (nSPS) is 10.7. The fraction of sp³-hybridized carbons (Fsp3) is 0.238. The van der Waals surface area contributed by atoms with E-state index in [0.717, 1.165) is 21.8 Å². The second-order valence-electron chi connectivity index (χ2n) is 6.13. The van der Waals surface area contributed by atoms with E-state index < -0.39 is 0 Å². The fourth-order valence-electron chi connectivity index (χ4n) is 2.82. The number of nitrogens with zero attached hydrogens (tertiary/aromatic N) is 3. The lowest BCUT2D eigenvalue weighted by Gasteiger charge is -2.13. The van der Waals surface area contributed by atoms with Gasteiger partial charge in [-0.05, 0) is 54.4 Å². The number of aromatic nitrogens is 3. The molecule has 2 aromatic carbocycles. The second-order valence-corrected chi connectivity index (χ2v) is 7.08. The third-order valence-electron chi connectivity index (χ3n) is 4.33. The number of halogens is 1. The van der Waals surface area contributed by atoms with E-state index in [4.69, 9.17) is 9.47 Å². The van der Waals surface area contributed by atoms with Gasteiger partial charge in [0.05, 0.1) is 14.2 Å². The van der Waals surface area contributed by atoms with Crippen LogP contribution >= 0.6 is 11.8 Å². The number of aryl methyl sites for hydroxylation is 1. The highest BCUT2D eigenvalue weighted by Gasteiger charge is 2.15. The van der Waals surface area contributed by atoms with Crippen molar-refractivity contribution in [1.82, 2.24) is 14.8 Å². The minimum absolute atomic E-state index is 0.280. The maximum atomic E-state index is 13.2. The summed E-state index contributed by atoms with van der Waals surface area (Å²) in [5, 5.41) is 9.41. The third kappa shape index (κ3) is 4.20. The van der Waals surface area contributed by atoms with Crippen molar-refractivity contribution in [3.63, 3.8) is 0 Å². The number of hydrogen-bond acceptors (Lipinski definition) is 5. The molecule has 0 radical (unpaired) electrons. The Kier molecular flexibility index (Phi) is 6.36. The molecule has 0 amide bonds. The van der Waals surface area contributed by atoms with Gasteiger partial charge in [0.2, 0.25) is 0 Å². The first-order valence-corrected chi connectivity index (χ1v) is 9.70. The predicted octanol–water partition coefficient (Wildman–Crippen LogP) is 4.89. The number of ether oxygens (including phenoxy) is 2. The molecule has 0 aliphatic rings. The summed E-state index contributed by atoms with van der Waals surface area (Å²) in [6.45, 7) is 6.42. The quantitative estimate of drug-likeness (QED) is 0.399. The zero-order valence-electron chi connectivity index (χ0n) is 16.1. The molecule has 0 fully saturated rings. The summed E-state index contributed by atoms with van der Waals surface area (Å²) < 4.78 is 26.0.